The summed E-state index contributed by atoms with van der Waals surface area (Å²) in [7, 11) is 0. The van der Waals surface area contributed by atoms with Crippen LogP contribution in [0.3, 0.4) is 0 Å². The first-order valence-electron chi connectivity index (χ1n) is 12.4. The Morgan fingerprint density at radius 1 is 0.974 bits per heavy atom. The number of halogens is 2. The molecular formula is C29H26BrClN2O5S. The third kappa shape index (κ3) is 5.53. The average Bonchev–Trinajstić information content (AvgIpc) is 3.31. The summed E-state index contributed by atoms with van der Waals surface area (Å²) in [4.78, 5) is 41.2. The number of nitrogens with one attached hydrogen (secondary N) is 1. The van der Waals surface area contributed by atoms with Crippen molar-refractivity contribution in [2.24, 2.45) is 0 Å². The number of nitrogens with zero attached hydrogens (tertiary/aromatic N) is 1. The normalized spacial score (nSPS) is 23.6. The molecule has 0 aliphatic carbocycles. The maximum absolute atomic E-state index is 13.8. The monoisotopic (exact) mass is 628 g/mol. The molecule has 1 N–H and O–H groups in total. The highest BCUT2D eigenvalue weighted by atomic mass is 79.9. The minimum absolute atomic E-state index is 0.0993. The van der Waals surface area contributed by atoms with Crippen molar-refractivity contribution in [3.8, 4) is 5.75 Å². The van der Waals surface area contributed by atoms with Crippen LogP contribution in [-0.2, 0) is 19.1 Å². The molecule has 0 saturated carbocycles. The van der Waals surface area contributed by atoms with Gasteiger partial charge in [-0.2, -0.15) is 0 Å². The molecule has 2 fully saturated rings. The van der Waals surface area contributed by atoms with Crippen LogP contribution in [0.5, 0.6) is 5.75 Å². The van der Waals surface area contributed by atoms with Gasteiger partial charge in [-0.25, -0.2) is 4.79 Å². The lowest BCUT2D eigenvalue weighted by Crippen LogP contribution is -2.71. The zero-order valence-corrected chi connectivity index (χ0v) is 23.9. The number of β-lactam (4-membered cyclic amide) rings is 1. The van der Waals surface area contributed by atoms with Gasteiger partial charge in [0.25, 0.3) is 5.91 Å². The number of esters is 1. The van der Waals surface area contributed by atoms with Gasteiger partial charge in [-0.3, -0.25) is 9.59 Å². The van der Waals surface area contributed by atoms with Crippen molar-refractivity contribution < 1.29 is 23.9 Å². The Labute approximate surface area is 244 Å². The minimum atomic E-state index is -0.930. The van der Waals surface area contributed by atoms with Crippen LogP contribution in [0.4, 0.5) is 0 Å². The Balaban J connectivity index is 1.33. The molecule has 39 heavy (non-hydrogen) atoms. The van der Waals surface area contributed by atoms with Crippen molar-refractivity contribution in [1.82, 2.24) is 10.2 Å². The second-order valence-corrected chi connectivity index (χ2v) is 11.6. The Hall–Kier alpha value is -3.01. The lowest BCUT2D eigenvalue weighted by Gasteiger charge is -2.44. The number of hydrogen-bond acceptors (Lipinski definition) is 6. The molecule has 0 radical (unpaired) electrons. The molecule has 2 aliphatic rings. The lowest BCUT2D eigenvalue weighted by atomic mass is 9.95. The van der Waals surface area contributed by atoms with Gasteiger partial charge in [0.2, 0.25) is 5.91 Å². The van der Waals surface area contributed by atoms with Crippen LogP contribution < -0.4 is 10.1 Å². The third-order valence-corrected chi connectivity index (χ3v) is 10.5. The predicted molar refractivity (Wildman–Crippen MR) is 154 cm³/mol. The van der Waals surface area contributed by atoms with Crippen molar-refractivity contribution in [3.05, 3.63) is 102 Å². The number of carbonyl (C=O) groups excluding carboxylic acids is 3. The molecule has 7 nitrogen and oxygen atoms in total. The summed E-state index contributed by atoms with van der Waals surface area (Å²) in [5, 5.41) is 2.65. The summed E-state index contributed by atoms with van der Waals surface area (Å²) in [5.74, 6) is -0.673. The molecule has 4 atom stereocenters. The number of fused-ring (bicyclic) bond motifs is 1. The fourth-order valence-corrected chi connectivity index (χ4v) is 7.96. The van der Waals surface area contributed by atoms with Crippen LogP contribution in [0.2, 0.25) is 0 Å². The maximum Gasteiger partial charge on any atom is 0.331 e. The molecule has 2 heterocycles. The van der Waals surface area contributed by atoms with E-state index in [1.807, 2.05) is 66.7 Å². The number of hydrogen-bond donors (Lipinski definition) is 1. The summed E-state index contributed by atoms with van der Waals surface area (Å²) in [6.45, 7) is -0.231. The summed E-state index contributed by atoms with van der Waals surface area (Å²) in [6.07, 6.45) is -0.658. The largest absolute Gasteiger partial charge is 0.484 e. The average molecular weight is 630 g/mol. The number of carbonyl (C=O) groups is 3. The quantitative estimate of drug-likeness (QED) is 0.202. The zero-order chi connectivity index (χ0) is 27.4. The van der Waals surface area contributed by atoms with Crippen LogP contribution in [-0.4, -0.2) is 62.7 Å². The first kappa shape index (κ1) is 27.6. The first-order valence-corrected chi connectivity index (χ1v) is 14.9. The van der Waals surface area contributed by atoms with Gasteiger partial charge in [0.05, 0.1) is 4.75 Å². The van der Waals surface area contributed by atoms with E-state index in [2.05, 4.69) is 21.2 Å². The summed E-state index contributed by atoms with van der Waals surface area (Å²) in [5.41, 5.74) is 1.63. The van der Waals surface area contributed by atoms with E-state index in [0.717, 1.165) is 11.1 Å². The van der Waals surface area contributed by atoms with Gasteiger partial charge >= 0.3 is 5.97 Å². The SMILES string of the molecule is O=C(COc1ccccc1)NC1C(=O)N2[C@@H](C(=O)OC(c3ccccc3)c3ccccc3)[C@](CCl)(CBr)S[C@@H]12. The minimum Gasteiger partial charge on any atom is -0.484 e. The smallest absolute Gasteiger partial charge is 0.331 e. The van der Waals surface area contributed by atoms with E-state index >= 15 is 0 Å². The van der Waals surface area contributed by atoms with Gasteiger partial charge in [0, 0.05) is 11.2 Å². The summed E-state index contributed by atoms with van der Waals surface area (Å²) < 4.78 is 10.8. The molecule has 0 bridgehead atoms. The van der Waals surface area contributed by atoms with Crippen LogP contribution in [0, 0.1) is 0 Å². The Morgan fingerprint density at radius 2 is 1.54 bits per heavy atom. The standard InChI is InChI=1S/C29H26BrClN2O5S/c30-17-29(18-31)25(28(36)38-24(19-10-4-1-5-11-19)20-12-6-2-7-13-20)33-26(35)23(27(33)39-29)32-22(34)16-37-21-14-8-3-9-15-21/h1-15,23-25,27H,16-18H2,(H,32,34)/t23?,25-,27-,29+/m0/s1. The van der Waals surface area contributed by atoms with E-state index in [4.69, 9.17) is 21.1 Å². The maximum atomic E-state index is 13.8. The molecule has 2 aliphatic heterocycles. The van der Waals surface area contributed by atoms with E-state index in [1.165, 1.54) is 16.7 Å². The van der Waals surface area contributed by atoms with Crippen molar-refractivity contribution in [3.63, 3.8) is 0 Å². The second kappa shape index (κ2) is 12.0. The predicted octanol–water partition coefficient (Wildman–Crippen LogP) is 4.54. The van der Waals surface area contributed by atoms with Crippen molar-refractivity contribution in [2.75, 3.05) is 17.8 Å². The number of amides is 2. The van der Waals surface area contributed by atoms with Crippen LogP contribution in [0.15, 0.2) is 91.0 Å². The van der Waals surface area contributed by atoms with Crippen LogP contribution >= 0.6 is 39.3 Å². The Morgan fingerprint density at radius 3 is 2.08 bits per heavy atom. The molecular weight excluding hydrogens is 604 g/mol. The summed E-state index contributed by atoms with van der Waals surface area (Å²) >= 11 is 11.4. The number of alkyl halides is 2. The van der Waals surface area contributed by atoms with E-state index in [9.17, 15) is 14.4 Å². The molecule has 202 valence electrons. The summed E-state index contributed by atoms with van der Waals surface area (Å²) in [6, 6.07) is 26.2. The van der Waals surface area contributed by atoms with Gasteiger partial charge in [-0.15, -0.1) is 23.4 Å². The van der Waals surface area contributed by atoms with Crippen LogP contribution in [0.1, 0.15) is 17.2 Å². The molecule has 0 spiro atoms. The fraction of sp³-hybridized carbons (Fsp3) is 0.276. The van der Waals surface area contributed by atoms with E-state index < -0.39 is 40.2 Å². The zero-order valence-electron chi connectivity index (χ0n) is 20.7. The van der Waals surface area contributed by atoms with Crippen molar-refractivity contribution in [2.45, 2.75) is 28.3 Å². The number of ether oxygens (including phenoxy) is 2. The molecule has 3 aromatic carbocycles. The first-order chi connectivity index (χ1) is 19.0. The topological polar surface area (TPSA) is 84.9 Å². The fourth-order valence-electron chi connectivity index (χ4n) is 4.80. The Bertz CT molecular complexity index is 1270. The molecule has 2 amide bonds. The molecule has 1 unspecified atom stereocenters. The highest BCUT2D eigenvalue weighted by molar-refractivity contribution is 9.09. The number of para-hydroxylation sites is 1. The number of benzene rings is 3. The van der Waals surface area contributed by atoms with E-state index in [0.29, 0.717) is 11.1 Å². The van der Waals surface area contributed by atoms with Gasteiger partial charge in [0.15, 0.2) is 12.7 Å². The Kier molecular flexibility index (Phi) is 8.49. The number of rotatable bonds is 10. The van der Waals surface area contributed by atoms with Gasteiger partial charge in [-0.05, 0) is 23.3 Å². The van der Waals surface area contributed by atoms with E-state index in [-0.39, 0.29) is 18.4 Å². The molecule has 0 aromatic heterocycles. The van der Waals surface area contributed by atoms with Gasteiger partial charge in [-0.1, -0.05) is 94.8 Å². The van der Waals surface area contributed by atoms with Crippen LogP contribution in [0.25, 0.3) is 0 Å². The molecule has 2 saturated heterocycles. The third-order valence-electron chi connectivity index (χ3n) is 6.76. The van der Waals surface area contributed by atoms with E-state index in [1.54, 1.807) is 24.3 Å². The van der Waals surface area contributed by atoms with Crippen molar-refractivity contribution >= 4 is 57.1 Å². The highest BCUT2D eigenvalue weighted by Crippen LogP contribution is 2.53. The van der Waals surface area contributed by atoms with Gasteiger partial charge in [0.1, 0.15) is 23.2 Å². The van der Waals surface area contributed by atoms with Crippen molar-refractivity contribution in [1.29, 1.82) is 0 Å². The van der Waals surface area contributed by atoms with Gasteiger partial charge < -0.3 is 19.7 Å². The second-order valence-electron chi connectivity index (χ2n) is 9.27. The highest BCUT2D eigenvalue weighted by Gasteiger charge is 2.67. The number of thioether (sulfide) groups is 1. The molecule has 10 heteroatoms. The lowest BCUT2D eigenvalue weighted by molar-refractivity contribution is -0.166. The molecule has 3 aromatic rings. The molecule has 5 rings (SSSR count).